The SMILES string of the molecule is COC(=O)c1c(C(=O)OC)c(C(=O)OC)c2[nH]ccc2c1C(=O)OC. The van der Waals surface area contributed by atoms with Gasteiger partial charge in [-0.2, -0.15) is 0 Å². The summed E-state index contributed by atoms with van der Waals surface area (Å²) in [6.07, 6.45) is 1.44. The molecular weight excluding hydrogens is 334 g/mol. The van der Waals surface area contributed by atoms with Gasteiger partial charge >= 0.3 is 23.9 Å². The second-order valence-electron chi connectivity index (χ2n) is 4.73. The summed E-state index contributed by atoms with van der Waals surface area (Å²) in [6.45, 7) is 0. The van der Waals surface area contributed by atoms with Crippen molar-refractivity contribution in [1.29, 1.82) is 0 Å². The molecule has 0 fully saturated rings. The lowest BCUT2D eigenvalue weighted by atomic mass is 9.91. The van der Waals surface area contributed by atoms with Crippen LogP contribution in [0.1, 0.15) is 41.4 Å². The van der Waals surface area contributed by atoms with E-state index in [2.05, 4.69) is 14.5 Å². The molecule has 0 radical (unpaired) electrons. The summed E-state index contributed by atoms with van der Waals surface area (Å²) in [5.74, 6) is -3.79. The van der Waals surface area contributed by atoms with E-state index in [-0.39, 0.29) is 22.0 Å². The van der Waals surface area contributed by atoms with E-state index in [0.717, 1.165) is 28.4 Å². The number of benzene rings is 1. The molecule has 0 aliphatic heterocycles. The van der Waals surface area contributed by atoms with Crippen LogP contribution in [-0.4, -0.2) is 57.3 Å². The Morgan fingerprint density at radius 3 is 1.56 bits per heavy atom. The second-order valence-corrected chi connectivity index (χ2v) is 4.73. The summed E-state index contributed by atoms with van der Waals surface area (Å²) in [5.41, 5.74) is -1.23. The molecule has 0 bridgehead atoms. The zero-order valence-corrected chi connectivity index (χ0v) is 13.9. The number of aromatic nitrogens is 1. The van der Waals surface area contributed by atoms with E-state index in [1.807, 2.05) is 0 Å². The maximum absolute atomic E-state index is 12.3. The fraction of sp³-hybridized carbons (Fsp3) is 0.250. The van der Waals surface area contributed by atoms with Gasteiger partial charge in [0.2, 0.25) is 0 Å². The van der Waals surface area contributed by atoms with Gasteiger partial charge in [0, 0.05) is 11.6 Å². The topological polar surface area (TPSA) is 121 Å². The summed E-state index contributed by atoms with van der Waals surface area (Å²) in [6, 6.07) is 1.46. The maximum atomic E-state index is 12.3. The van der Waals surface area contributed by atoms with Crippen LogP contribution in [0.3, 0.4) is 0 Å². The minimum atomic E-state index is -1.01. The highest BCUT2D eigenvalue weighted by Crippen LogP contribution is 2.32. The molecule has 9 heteroatoms. The van der Waals surface area contributed by atoms with Crippen molar-refractivity contribution in [2.45, 2.75) is 0 Å². The van der Waals surface area contributed by atoms with Gasteiger partial charge in [-0.25, -0.2) is 19.2 Å². The minimum Gasteiger partial charge on any atom is -0.465 e. The zero-order valence-electron chi connectivity index (χ0n) is 13.9. The number of esters is 4. The van der Waals surface area contributed by atoms with Crippen LogP contribution in [-0.2, 0) is 18.9 Å². The highest BCUT2D eigenvalue weighted by atomic mass is 16.5. The molecule has 0 spiro atoms. The summed E-state index contributed by atoms with van der Waals surface area (Å²) in [4.78, 5) is 51.9. The van der Waals surface area contributed by atoms with Crippen LogP contribution in [0.4, 0.5) is 0 Å². The van der Waals surface area contributed by atoms with Gasteiger partial charge in [-0.15, -0.1) is 0 Å². The molecular formula is C16H15NO8. The molecule has 1 aromatic heterocycles. The van der Waals surface area contributed by atoms with E-state index in [0.29, 0.717) is 0 Å². The van der Waals surface area contributed by atoms with Gasteiger partial charge in [0.25, 0.3) is 0 Å². The number of H-pyrrole nitrogens is 1. The zero-order chi connectivity index (χ0) is 18.7. The van der Waals surface area contributed by atoms with Crippen molar-refractivity contribution >= 4 is 34.8 Å². The first kappa shape index (κ1) is 18.0. The number of carbonyl (C=O) groups is 4. The van der Waals surface area contributed by atoms with Gasteiger partial charge in [-0.3, -0.25) is 0 Å². The molecule has 25 heavy (non-hydrogen) atoms. The smallest absolute Gasteiger partial charge is 0.340 e. The standard InChI is InChI=1S/C16H15NO8/c1-22-13(18)8-7-5-6-17-12(7)11(16(21)25-4)10(15(20)24-3)9(8)14(19)23-2/h5-6,17H,1-4H3. The summed E-state index contributed by atoms with van der Waals surface area (Å²) in [5, 5.41) is 0.195. The molecule has 0 saturated heterocycles. The lowest BCUT2D eigenvalue weighted by molar-refractivity contribution is 0.0523. The minimum absolute atomic E-state index is 0.125. The van der Waals surface area contributed by atoms with Crippen LogP contribution < -0.4 is 0 Å². The fourth-order valence-electron chi connectivity index (χ4n) is 2.53. The first-order valence-corrected chi connectivity index (χ1v) is 6.93. The van der Waals surface area contributed by atoms with E-state index in [4.69, 9.17) is 9.47 Å². The Morgan fingerprint density at radius 2 is 1.08 bits per heavy atom. The van der Waals surface area contributed by atoms with Crippen molar-refractivity contribution in [2.75, 3.05) is 28.4 Å². The summed E-state index contributed by atoms with van der Waals surface area (Å²) < 4.78 is 18.8. The van der Waals surface area contributed by atoms with Crippen LogP contribution in [0.25, 0.3) is 10.9 Å². The van der Waals surface area contributed by atoms with Crippen molar-refractivity contribution in [3.63, 3.8) is 0 Å². The van der Waals surface area contributed by atoms with E-state index in [1.54, 1.807) is 0 Å². The molecule has 0 amide bonds. The number of carbonyl (C=O) groups excluding carboxylic acids is 4. The van der Waals surface area contributed by atoms with Gasteiger partial charge in [-0.05, 0) is 6.07 Å². The number of ether oxygens (including phenoxy) is 4. The van der Waals surface area contributed by atoms with Crippen molar-refractivity contribution < 1.29 is 38.1 Å². The number of hydrogen-bond acceptors (Lipinski definition) is 8. The Hall–Kier alpha value is -3.36. The van der Waals surface area contributed by atoms with Crippen molar-refractivity contribution in [3.8, 4) is 0 Å². The molecule has 1 aromatic carbocycles. The highest BCUT2D eigenvalue weighted by molar-refractivity contribution is 6.23. The van der Waals surface area contributed by atoms with Gasteiger partial charge in [0.15, 0.2) is 0 Å². The number of nitrogens with one attached hydrogen (secondary N) is 1. The Bertz CT molecular complexity index is 810. The number of hydrogen-bond donors (Lipinski definition) is 1. The van der Waals surface area contributed by atoms with E-state index in [1.165, 1.54) is 12.3 Å². The van der Waals surface area contributed by atoms with Crippen molar-refractivity contribution in [3.05, 3.63) is 34.5 Å². The molecule has 0 aliphatic rings. The molecule has 1 heterocycles. The summed E-state index contributed by atoms with van der Waals surface area (Å²) in [7, 11) is 4.38. The molecule has 1 N–H and O–H groups in total. The van der Waals surface area contributed by atoms with Crippen LogP contribution in [0, 0.1) is 0 Å². The quantitative estimate of drug-likeness (QED) is 0.648. The Kier molecular flexibility index (Phi) is 5.06. The molecule has 2 aromatic rings. The molecule has 9 nitrogen and oxygen atoms in total. The maximum Gasteiger partial charge on any atom is 0.340 e. The van der Waals surface area contributed by atoms with E-state index >= 15 is 0 Å². The third kappa shape index (κ3) is 2.80. The Morgan fingerprint density at radius 1 is 0.680 bits per heavy atom. The van der Waals surface area contributed by atoms with Crippen LogP contribution in [0.5, 0.6) is 0 Å². The molecule has 132 valence electrons. The first-order valence-electron chi connectivity index (χ1n) is 6.93. The molecule has 2 rings (SSSR count). The fourth-order valence-corrected chi connectivity index (χ4v) is 2.53. The number of fused-ring (bicyclic) bond motifs is 1. The Balaban J connectivity index is 3.13. The third-order valence-electron chi connectivity index (χ3n) is 3.57. The molecule has 0 atom stereocenters. The average Bonchev–Trinajstić information content (AvgIpc) is 3.12. The number of aromatic amines is 1. The molecule has 0 unspecified atom stereocenters. The lowest BCUT2D eigenvalue weighted by Crippen LogP contribution is -2.23. The normalized spacial score (nSPS) is 10.2. The van der Waals surface area contributed by atoms with E-state index < -0.39 is 35.0 Å². The van der Waals surface area contributed by atoms with Gasteiger partial charge < -0.3 is 23.9 Å². The van der Waals surface area contributed by atoms with Gasteiger partial charge in [0.05, 0.1) is 56.2 Å². The predicted octanol–water partition coefficient (Wildman–Crippen LogP) is 1.31. The number of rotatable bonds is 4. The predicted molar refractivity (Wildman–Crippen MR) is 83.7 cm³/mol. The van der Waals surface area contributed by atoms with E-state index in [9.17, 15) is 19.2 Å². The second kappa shape index (κ2) is 7.04. The Labute approximate surface area is 141 Å². The van der Waals surface area contributed by atoms with Crippen LogP contribution in [0.2, 0.25) is 0 Å². The third-order valence-corrected chi connectivity index (χ3v) is 3.57. The van der Waals surface area contributed by atoms with Crippen molar-refractivity contribution in [2.24, 2.45) is 0 Å². The number of methoxy groups -OCH3 is 4. The summed E-state index contributed by atoms with van der Waals surface area (Å²) >= 11 is 0. The monoisotopic (exact) mass is 349 g/mol. The first-order chi connectivity index (χ1) is 11.9. The largest absolute Gasteiger partial charge is 0.465 e. The average molecular weight is 349 g/mol. The highest BCUT2D eigenvalue weighted by Gasteiger charge is 2.35. The van der Waals surface area contributed by atoms with Gasteiger partial charge in [0.1, 0.15) is 0 Å². The lowest BCUT2D eigenvalue weighted by Gasteiger charge is -2.16. The van der Waals surface area contributed by atoms with Gasteiger partial charge in [-0.1, -0.05) is 0 Å². The molecule has 0 aliphatic carbocycles. The van der Waals surface area contributed by atoms with Crippen LogP contribution >= 0.6 is 0 Å². The molecule has 0 saturated carbocycles. The van der Waals surface area contributed by atoms with Crippen LogP contribution in [0.15, 0.2) is 12.3 Å². The van der Waals surface area contributed by atoms with Crippen molar-refractivity contribution in [1.82, 2.24) is 4.98 Å².